The zero-order valence-electron chi connectivity index (χ0n) is 15.5. The number of hydrogen-bond acceptors (Lipinski definition) is 5. The summed E-state index contributed by atoms with van der Waals surface area (Å²) in [4.78, 5) is 36.9. The van der Waals surface area contributed by atoms with E-state index in [-0.39, 0.29) is 11.6 Å². The molecule has 0 radical (unpaired) electrons. The summed E-state index contributed by atoms with van der Waals surface area (Å²) in [5.41, 5.74) is 3.65. The first kappa shape index (κ1) is 17.6. The SMILES string of the molecule is Cn1c(=O)n(C)c2cc(CNC(=O)c3cnc(-c4cccnc4)nc3)ccc21. The van der Waals surface area contributed by atoms with E-state index in [1.807, 2.05) is 24.3 Å². The lowest BCUT2D eigenvalue weighted by Crippen LogP contribution is -2.23. The highest BCUT2D eigenvalue weighted by atomic mass is 16.2. The van der Waals surface area contributed by atoms with E-state index in [1.54, 1.807) is 41.7 Å². The van der Waals surface area contributed by atoms with Crippen molar-refractivity contribution in [2.24, 2.45) is 14.1 Å². The molecule has 0 bridgehead atoms. The molecule has 8 heteroatoms. The predicted octanol–water partition coefficient (Wildman–Crippen LogP) is 1.66. The van der Waals surface area contributed by atoms with Crippen molar-refractivity contribution < 1.29 is 4.79 Å². The van der Waals surface area contributed by atoms with Crippen LogP contribution in [0.3, 0.4) is 0 Å². The maximum absolute atomic E-state index is 12.4. The Balaban J connectivity index is 1.48. The summed E-state index contributed by atoms with van der Waals surface area (Å²) < 4.78 is 3.19. The number of carbonyl (C=O) groups excluding carboxylic acids is 1. The summed E-state index contributed by atoms with van der Waals surface area (Å²) in [6.07, 6.45) is 6.33. The minimum Gasteiger partial charge on any atom is -0.348 e. The molecule has 0 spiro atoms. The summed E-state index contributed by atoms with van der Waals surface area (Å²) >= 11 is 0. The average Bonchev–Trinajstić information content (AvgIpc) is 2.96. The van der Waals surface area contributed by atoms with Crippen LogP contribution in [-0.4, -0.2) is 30.0 Å². The van der Waals surface area contributed by atoms with Gasteiger partial charge in [-0.05, 0) is 29.8 Å². The fourth-order valence-electron chi connectivity index (χ4n) is 3.04. The van der Waals surface area contributed by atoms with Gasteiger partial charge in [-0.1, -0.05) is 6.07 Å². The number of fused-ring (bicyclic) bond motifs is 1. The fourth-order valence-corrected chi connectivity index (χ4v) is 3.04. The molecule has 3 heterocycles. The zero-order chi connectivity index (χ0) is 19.7. The molecule has 4 aromatic rings. The van der Waals surface area contributed by atoms with Crippen LogP contribution in [0.5, 0.6) is 0 Å². The van der Waals surface area contributed by atoms with E-state index < -0.39 is 0 Å². The van der Waals surface area contributed by atoms with Gasteiger partial charge in [-0.3, -0.25) is 18.9 Å². The lowest BCUT2D eigenvalue weighted by Gasteiger charge is -2.06. The molecule has 0 saturated carbocycles. The van der Waals surface area contributed by atoms with Crippen molar-refractivity contribution in [1.29, 1.82) is 0 Å². The quantitative estimate of drug-likeness (QED) is 0.586. The summed E-state index contributed by atoms with van der Waals surface area (Å²) in [6, 6.07) is 9.33. The molecule has 0 fully saturated rings. The maximum atomic E-state index is 12.4. The van der Waals surface area contributed by atoms with E-state index in [2.05, 4.69) is 20.3 Å². The van der Waals surface area contributed by atoms with Gasteiger partial charge in [0.15, 0.2) is 5.82 Å². The number of nitrogens with zero attached hydrogens (tertiary/aromatic N) is 5. The lowest BCUT2D eigenvalue weighted by molar-refractivity contribution is 0.0950. The molecule has 0 unspecified atom stereocenters. The van der Waals surface area contributed by atoms with Crippen molar-refractivity contribution in [3.8, 4) is 11.4 Å². The number of imidazole rings is 1. The zero-order valence-corrected chi connectivity index (χ0v) is 15.5. The molecular weight excluding hydrogens is 356 g/mol. The van der Waals surface area contributed by atoms with Crippen LogP contribution in [0.2, 0.25) is 0 Å². The van der Waals surface area contributed by atoms with Gasteiger partial charge in [0.05, 0.1) is 16.6 Å². The lowest BCUT2D eigenvalue weighted by atomic mass is 10.2. The van der Waals surface area contributed by atoms with Gasteiger partial charge in [-0.2, -0.15) is 0 Å². The van der Waals surface area contributed by atoms with Crippen LogP contribution in [-0.2, 0) is 20.6 Å². The van der Waals surface area contributed by atoms with Crippen molar-refractivity contribution in [3.05, 3.63) is 76.7 Å². The highest BCUT2D eigenvalue weighted by molar-refractivity contribution is 5.93. The van der Waals surface area contributed by atoms with Crippen LogP contribution < -0.4 is 11.0 Å². The Morgan fingerprint density at radius 1 is 1.04 bits per heavy atom. The molecule has 0 atom stereocenters. The molecule has 1 N–H and O–H groups in total. The number of pyridine rings is 1. The summed E-state index contributed by atoms with van der Waals surface area (Å²) in [7, 11) is 3.47. The normalized spacial score (nSPS) is 10.9. The Bertz CT molecular complexity index is 1210. The Labute approximate surface area is 160 Å². The highest BCUT2D eigenvalue weighted by Gasteiger charge is 2.11. The number of hydrogen-bond donors (Lipinski definition) is 1. The number of rotatable bonds is 4. The Morgan fingerprint density at radius 2 is 1.79 bits per heavy atom. The first-order valence-electron chi connectivity index (χ1n) is 8.69. The molecule has 8 nitrogen and oxygen atoms in total. The van der Waals surface area contributed by atoms with Crippen molar-refractivity contribution >= 4 is 16.9 Å². The van der Waals surface area contributed by atoms with Gasteiger partial charge in [0.1, 0.15) is 0 Å². The monoisotopic (exact) mass is 374 g/mol. The van der Waals surface area contributed by atoms with E-state index >= 15 is 0 Å². The van der Waals surface area contributed by atoms with Crippen molar-refractivity contribution in [2.75, 3.05) is 0 Å². The number of amides is 1. The van der Waals surface area contributed by atoms with E-state index in [9.17, 15) is 9.59 Å². The van der Waals surface area contributed by atoms with E-state index in [0.717, 1.165) is 22.2 Å². The summed E-state index contributed by atoms with van der Waals surface area (Å²) in [5.74, 6) is 0.250. The number of carbonyl (C=O) groups is 1. The van der Waals surface area contributed by atoms with Crippen molar-refractivity contribution in [1.82, 2.24) is 29.4 Å². The fraction of sp³-hybridized carbons (Fsp3) is 0.150. The average molecular weight is 374 g/mol. The molecule has 4 rings (SSSR count). The van der Waals surface area contributed by atoms with Gasteiger partial charge in [0.2, 0.25) is 0 Å². The van der Waals surface area contributed by atoms with Gasteiger partial charge < -0.3 is 5.32 Å². The highest BCUT2D eigenvalue weighted by Crippen LogP contribution is 2.15. The van der Waals surface area contributed by atoms with Crippen molar-refractivity contribution in [3.63, 3.8) is 0 Å². The number of nitrogens with one attached hydrogen (secondary N) is 1. The van der Waals surface area contributed by atoms with E-state index in [1.165, 1.54) is 12.4 Å². The smallest absolute Gasteiger partial charge is 0.328 e. The molecule has 140 valence electrons. The third kappa shape index (κ3) is 3.16. The van der Waals surface area contributed by atoms with Crippen LogP contribution in [0.4, 0.5) is 0 Å². The summed E-state index contributed by atoms with van der Waals surface area (Å²) in [6.45, 7) is 0.336. The van der Waals surface area contributed by atoms with Gasteiger partial charge in [-0.15, -0.1) is 0 Å². The van der Waals surface area contributed by atoms with Crippen molar-refractivity contribution in [2.45, 2.75) is 6.54 Å². The second-order valence-electron chi connectivity index (χ2n) is 6.44. The number of benzene rings is 1. The third-order valence-electron chi connectivity index (χ3n) is 4.62. The molecule has 3 aromatic heterocycles. The Morgan fingerprint density at radius 3 is 2.50 bits per heavy atom. The maximum Gasteiger partial charge on any atom is 0.328 e. The summed E-state index contributed by atoms with van der Waals surface area (Å²) in [5, 5.41) is 2.85. The van der Waals surface area contributed by atoms with E-state index in [4.69, 9.17) is 0 Å². The van der Waals surface area contributed by atoms with Gasteiger partial charge in [0.25, 0.3) is 5.91 Å². The topological polar surface area (TPSA) is 94.7 Å². The molecular formula is C20H18N6O2. The minimum atomic E-state index is -0.264. The van der Waals surface area contributed by atoms with Gasteiger partial charge in [-0.25, -0.2) is 14.8 Å². The number of aromatic nitrogens is 5. The van der Waals surface area contributed by atoms with Gasteiger partial charge in [0, 0.05) is 51.0 Å². The van der Waals surface area contributed by atoms with E-state index in [0.29, 0.717) is 17.9 Å². The molecule has 0 aliphatic carbocycles. The van der Waals surface area contributed by atoms with Crippen LogP contribution >= 0.6 is 0 Å². The second kappa shape index (κ2) is 7.07. The largest absolute Gasteiger partial charge is 0.348 e. The van der Waals surface area contributed by atoms with Gasteiger partial charge >= 0.3 is 5.69 Å². The second-order valence-corrected chi connectivity index (χ2v) is 6.44. The molecule has 1 aromatic carbocycles. The molecule has 28 heavy (non-hydrogen) atoms. The first-order chi connectivity index (χ1) is 13.5. The minimum absolute atomic E-state index is 0.0814. The van der Waals surface area contributed by atoms with Crippen LogP contribution in [0.1, 0.15) is 15.9 Å². The Hall–Kier alpha value is -3.81. The Kier molecular flexibility index (Phi) is 4.44. The molecule has 0 aliphatic heterocycles. The number of aryl methyl sites for hydroxylation is 2. The molecule has 1 amide bonds. The molecule has 0 saturated heterocycles. The van der Waals surface area contributed by atoms with Crippen LogP contribution in [0.15, 0.2) is 59.9 Å². The predicted molar refractivity (Wildman–Crippen MR) is 105 cm³/mol. The standard InChI is InChI=1S/C20H18N6O2/c1-25-16-6-5-13(8-17(16)26(2)20(25)28)9-24-19(27)15-11-22-18(23-12-15)14-4-3-7-21-10-14/h3-8,10-12H,9H2,1-2H3,(H,24,27). The first-order valence-corrected chi connectivity index (χ1v) is 8.69. The van der Waals surface area contributed by atoms with Crippen LogP contribution in [0, 0.1) is 0 Å². The third-order valence-corrected chi connectivity index (χ3v) is 4.62. The van der Waals surface area contributed by atoms with Crippen LogP contribution in [0.25, 0.3) is 22.4 Å². The molecule has 0 aliphatic rings.